The monoisotopic (exact) mass is 357 g/mol. The predicted molar refractivity (Wildman–Crippen MR) is 80.8 cm³/mol. The molecule has 25 heavy (non-hydrogen) atoms. The fourth-order valence-corrected chi connectivity index (χ4v) is 3.60. The van der Waals surface area contributed by atoms with Gasteiger partial charge >= 0.3 is 12.1 Å². The first-order valence-electron chi connectivity index (χ1n) is 8.12. The molecule has 1 aliphatic carbocycles. The van der Waals surface area contributed by atoms with E-state index in [1.807, 2.05) is 0 Å². The number of benzene rings is 1. The van der Waals surface area contributed by atoms with Gasteiger partial charge in [0.15, 0.2) is 6.04 Å². The third-order valence-corrected chi connectivity index (χ3v) is 4.86. The van der Waals surface area contributed by atoms with Gasteiger partial charge in [0.2, 0.25) is 0 Å². The molecule has 1 saturated heterocycles. The first-order chi connectivity index (χ1) is 11.7. The summed E-state index contributed by atoms with van der Waals surface area (Å²) in [5, 5.41) is 9.42. The zero-order valence-corrected chi connectivity index (χ0v) is 13.4. The molecule has 5 nitrogen and oxygen atoms in total. The number of nitrogens with zero attached hydrogens (tertiary/aromatic N) is 1. The van der Waals surface area contributed by atoms with Crippen molar-refractivity contribution in [3.8, 4) is 0 Å². The highest BCUT2D eigenvalue weighted by Gasteiger charge is 2.53. The molecule has 1 amide bonds. The Kier molecular flexibility index (Phi) is 4.49. The normalized spacial score (nSPS) is 23.0. The molecule has 1 saturated carbocycles. The van der Waals surface area contributed by atoms with E-state index in [2.05, 4.69) is 0 Å². The number of aliphatic carboxylic acids is 1. The Bertz CT molecular complexity index is 665. The lowest BCUT2D eigenvalue weighted by Crippen LogP contribution is -2.54. The molecule has 8 heteroatoms. The van der Waals surface area contributed by atoms with Crippen molar-refractivity contribution in [3.63, 3.8) is 0 Å². The molecule has 1 heterocycles. The van der Waals surface area contributed by atoms with Crippen LogP contribution in [0.2, 0.25) is 0 Å². The molecule has 2 aliphatic rings. The molecule has 136 valence electrons. The highest BCUT2D eigenvalue weighted by molar-refractivity contribution is 5.97. The maximum Gasteiger partial charge on any atom is 0.416 e. The molecule has 1 atom stereocenters. The lowest BCUT2D eigenvalue weighted by molar-refractivity contribution is -0.143. The largest absolute Gasteiger partial charge is 0.480 e. The summed E-state index contributed by atoms with van der Waals surface area (Å²) < 4.78 is 43.8. The Morgan fingerprint density at radius 3 is 2.24 bits per heavy atom. The molecule has 3 rings (SSSR count). The van der Waals surface area contributed by atoms with E-state index in [1.54, 1.807) is 0 Å². The van der Waals surface area contributed by atoms with Crippen molar-refractivity contribution >= 4 is 11.9 Å². The zero-order chi connectivity index (χ0) is 18.2. The number of ether oxygens (including phenoxy) is 1. The van der Waals surface area contributed by atoms with E-state index >= 15 is 0 Å². The van der Waals surface area contributed by atoms with Crippen molar-refractivity contribution in [2.45, 2.75) is 50.0 Å². The quantitative estimate of drug-likeness (QED) is 0.882. The van der Waals surface area contributed by atoms with Gasteiger partial charge in [0.25, 0.3) is 5.91 Å². The van der Waals surface area contributed by atoms with Gasteiger partial charge in [-0.1, -0.05) is 6.42 Å². The third kappa shape index (κ3) is 3.22. The van der Waals surface area contributed by atoms with Gasteiger partial charge in [0.05, 0.1) is 12.2 Å². The Hall–Kier alpha value is -2.09. The van der Waals surface area contributed by atoms with E-state index in [0.717, 1.165) is 43.5 Å². The fraction of sp³-hybridized carbons (Fsp3) is 0.529. The second kappa shape index (κ2) is 6.33. The first kappa shape index (κ1) is 17.7. The highest BCUT2D eigenvalue weighted by atomic mass is 19.4. The van der Waals surface area contributed by atoms with Crippen LogP contribution in [0.5, 0.6) is 0 Å². The van der Waals surface area contributed by atoms with Crippen LogP contribution in [-0.4, -0.2) is 40.3 Å². The van der Waals surface area contributed by atoms with Gasteiger partial charge in [-0.25, -0.2) is 4.79 Å². The van der Waals surface area contributed by atoms with E-state index in [-0.39, 0.29) is 12.2 Å². The average molecular weight is 357 g/mol. The van der Waals surface area contributed by atoms with Crippen LogP contribution in [0, 0.1) is 0 Å². The number of carbonyl (C=O) groups excluding carboxylic acids is 1. The standard InChI is InChI=1S/C17H18F3NO4/c18-17(19,20)12-6-4-11(5-7-12)14(22)21-13(15(23)24)10-25-16(21)8-2-1-3-9-16/h4-7,13H,1-3,8-10H2,(H,23,24)/t13-/m1/s1. The number of hydrogen-bond donors (Lipinski definition) is 1. The van der Waals surface area contributed by atoms with Crippen molar-refractivity contribution in [1.82, 2.24) is 4.90 Å². The maximum absolute atomic E-state index is 12.9. The Morgan fingerprint density at radius 2 is 1.72 bits per heavy atom. The van der Waals surface area contributed by atoms with E-state index in [0.29, 0.717) is 12.8 Å². The number of rotatable bonds is 2. The van der Waals surface area contributed by atoms with Crippen molar-refractivity contribution in [2.24, 2.45) is 0 Å². The number of carbonyl (C=O) groups is 2. The molecule has 2 fully saturated rings. The van der Waals surface area contributed by atoms with Gasteiger partial charge in [-0.2, -0.15) is 13.2 Å². The Labute approximate surface area is 142 Å². The molecule has 0 aromatic heterocycles. The summed E-state index contributed by atoms with van der Waals surface area (Å²) in [5.41, 5.74) is -1.81. The molecule has 1 aromatic carbocycles. The van der Waals surface area contributed by atoms with E-state index < -0.39 is 35.4 Å². The van der Waals surface area contributed by atoms with Gasteiger partial charge in [-0.3, -0.25) is 9.69 Å². The summed E-state index contributed by atoms with van der Waals surface area (Å²) in [5.74, 6) is -1.79. The molecule has 1 spiro atoms. The molecule has 1 N–H and O–H groups in total. The van der Waals surface area contributed by atoms with Gasteiger partial charge in [0, 0.05) is 5.56 Å². The van der Waals surface area contributed by atoms with Crippen LogP contribution >= 0.6 is 0 Å². The van der Waals surface area contributed by atoms with Crippen LogP contribution < -0.4 is 0 Å². The summed E-state index contributed by atoms with van der Waals surface area (Å²) >= 11 is 0. The smallest absolute Gasteiger partial charge is 0.416 e. The molecule has 0 unspecified atom stereocenters. The topological polar surface area (TPSA) is 66.8 Å². The lowest BCUT2D eigenvalue weighted by atomic mass is 9.89. The molecular formula is C17H18F3NO4. The minimum absolute atomic E-state index is 0.0229. The van der Waals surface area contributed by atoms with Crippen LogP contribution in [0.4, 0.5) is 13.2 Å². The van der Waals surface area contributed by atoms with Crippen LogP contribution in [0.25, 0.3) is 0 Å². The van der Waals surface area contributed by atoms with Gasteiger partial charge in [-0.05, 0) is 49.9 Å². The zero-order valence-electron chi connectivity index (χ0n) is 13.4. The molecule has 0 bridgehead atoms. The Balaban J connectivity index is 1.92. The Morgan fingerprint density at radius 1 is 1.12 bits per heavy atom. The summed E-state index contributed by atoms with van der Waals surface area (Å²) in [7, 11) is 0. The van der Waals surface area contributed by atoms with Crippen molar-refractivity contribution in [3.05, 3.63) is 35.4 Å². The second-order valence-electron chi connectivity index (χ2n) is 6.42. The van der Waals surface area contributed by atoms with Crippen LogP contribution in [0.1, 0.15) is 48.0 Å². The van der Waals surface area contributed by atoms with Gasteiger partial charge in [-0.15, -0.1) is 0 Å². The maximum atomic E-state index is 12.9. The van der Waals surface area contributed by atoms with Crippen molar-refractivity contribution in [1.29, 1.82) is 0 Å². The minimum atomic E-state index is -4.49. The molecule has 1 aromatic rings. The average Bonchev–Trinajstić information content (AvgIpc) is 2.93. The number of carboxylic acid groups (broad SMARTS) is 1. The van der Waals surface area contributed by atoms with Crippen molar-refractivity contribution in [2.75, 3.05) is 6.61 Å². The van der Waals surface area contributed by atoms with Crippen LogP contribution in [0.15, 0.2) is 24.3 Å². The second-order valence-corrected chi connectivity index (χ2v) is 6.42. The molecule has 0 radical (unpaired) electrons. The number of halogens is 3. The van der Waals surface area contributed by atoms with E-state index in [1.165, 1.54) is 4.90 Å². The summed E-state index contributed by atoms with van der Waals surface area (Å²) in [6.07, 6.45) is -0.837. The number of carboxylic acids is 1. The van der Waals surface area contributed by atoms with Gasteiger partial charge < -0.3 is 9.84 Å². The minimum Gasteiger partial charge on any atom is -0.480 e. The van der Waals surface area contributed by atoms with Gasteiger partial charge in [0.1, 0.15) is 5.72 Å². The van der Waals surface area contributed by atoms with Crippen LogP contribution in [0.3, 0.4) is 0 Å². The number of alkyl halides is 3. The van der Waals surface area contributed by atoms with E-state index in [9.17, 15) is 27.9 Å². The lowest BCUT2D eigenvalue weighted by Gasteiger charge is -2.41. The van der Waals surface area contributed by atoms with E-state index in [4.69, 9.17) is 4.74 Å². The summed E-state index contributed by atoms with van der Waals surface area (Å²) in [6, 6.07) is 2.69. The highest BCUT2D eigenvalue weighted by Crippen LogP contribution is 2.41. The summed E-state index contributed by atoms with van der Waals surface area (Å²) in [4.78, 5) is 25.7. The SMILES string of the molecule is O=C(O)[C@H]1COC2(CCCCC2)N1C(=O)c1ccc(C(F)(F)F)cc1. The molecule has 1 aliphatic heterocycles. The summed E-state index contributed by atoms with van der Waals surface area (Å²) in [6.45, 7) is -0.109. The number of hydrogen-bond acceptors (Lipinski definition) is 3. The molecular weight excluding hydrogens is 339 g/mol. The van der Waals surface area contributed by atoms with Crippen molar-refractivity contribution < 1.29 is 32.6 Å². The first-order valence-corrected chi connectivity index (χ1v) is 8.12. The third-order valence-electron chi connectivity index (χ3n) is 4.86. The number of amides is 1. The fourth-order valence-electron chi connectivity index (χ4n) is 3.60. The predicted octanol–water partition coefficient (Wildman–Crippen LogP) is 3.29. The van der Waals surface area contributed by atoms with Crippen LogP contribution in [-0.2, 0) is 15.7 Å².